The van der Waals surface area contributed by atoms with E-state index in [1.807, 2.05) is 0 Å². The molecule has 0 bridgehead atoms. The number of hydrogen-bond acceptors (Lipinski definition) is 2. The van der Waals surface area contributed by atoms with Crippen LogP contribution >= 0.6 is 0 Å². The number of rotatable bonds is 26. The number of unbranched alkanes of at least 4 members (excludes halogenated alkanes) is 19. The molecule has 0 aliphatic carbocycles. The molecule has 0 aliphatic heterocycles. The van der Waals surface area contributed by atoms with Gasteiger partial charge >= 0.3 is 5.97 Å². The summed E-state index contributed by atoms with van der Waals surface area (Å²) in [5.41, 5.74) is -0.269. The van der Waals surface area contributed by atoms with Gasteiger partial charge in [-0.1, -0.05) is 156 Å². The third-order valence-corrected chi connectivity index (χ3v) is 7.39. The van der Waals surface area contributed by atoms with Gasteiger partial charge in [-0.2, -0.15) is 0 Å². The zero-order chi connectivity index (χ0) is 24.5. The second-order valence-electron chi connectivity index (χ2n) is 10.9. The van der Waals surface area contributed by atoms with E-state index in [2.05, 4.69) is 27.7 Å². The first-order valence-electron chi connectivity index (χ1n) is 15.3. The van der Waals surface area contributed by atoms with Gasteiger partial charge in [-0.25, -0.2) is 0 Å². The number of carbonyl (C=O) groups excluding carboxylic acids is 1. The van der Waals surface area contributed by atoms with Crippen LogP contribution in [0, 0.1) is 5.41 Å². The van der Waals surface area contributed by atoms with Crippen LogP contribution in [0.15, 0.2) is 0 Å². The molecule has 2 nitrogen and oxygen atoms in total. The zero-order valence-electron chi connectivity index (χ0n) is 23.5. The van der Waals surface area contributed by atoms with Crippen LogP contribution < -0.4 is 0 Å². The maximum atomic E-state index is 12.9. The molecule has 0 radical (unpaired) electrons. The average molecular weight is 467 g/mol. The van der Waals surface area contributed by atoms with Crippen molar-refractivity contribution >= 4 is 5.97 Å². The summed E-state index contributed by atoms with van der Waals surface area (Å²) < 4.78 is 5.78. The maximum Gasteiger partial charge on any atom is 0.311 e. The minimum absolute atomic E-state index is 0.0720. The van der Waals surface area contributed by atoms with Crippen molar-refractivity contribution in [3.63, 3.8) is 0 Å². The maximum absolute atomic E-state index is 12.9. The first-order valence-corrected chi connectivity index (χ1v) is 15.3. The highest BCUT2D eigenvalue weighted by Crippen LogP contribution is 2.33. The SMILES string of the molecule is CCCCCCCCCCCCOC(=O)C(C)(CCCC)CCCCCCCCCCCC. The Morgan fingerprint density at radius 2 is 0.818 bits per heavy atom. The Labute approximate surface area is 209 Å². The smallest absolute Gasteiger partial charge is 0.311 e. The predicted octanol–water partition coefficient (Wildman–Crippen LogP) is 11.0. The van der Waals surface area contributed by atoms with Crippen LogP contribution in [-0.2, 0) is 9.53 Å². The van der Waals surface area contributed by atoms with E-state index < -0.39 is 0 Å². The summed E-state index contributed by atoms with van der Waals surface area (Å²) in [5.74, 6) is 0.0720. The summed E-state index contributed by atoms with van der Waals surface area (Å²) >= 11 is 0. The molecule has 0 heterocycles. The topological polar surface area (TPSA) is 26.3 Å². The molecular formula is C31H62O2. The van der Waals surface area contributed by atoms with E-state index in [1.165, 1.54) is 122 Å². The highest BCUT2D eigenvalue weighted by molar-refractivity contribution is 5.76. The van der Waals surface area contributed by atoms with Gasteiger partial charge in [-0.05, 0) is 26.2 Å². The Morgan fingerprint density at radius 1 is 0.485 bits per heavy atom. The first kappa shape index (κ1) is 32.5. The molecule has 0 fully saturated rings. The van der Waals surface area contributed by atoms with Gasteiger partial charge in [0.05, 0.1) is 12.0 Å². The highest BCUT2D eigenvalue weighted by atomic mass is 16.5. The van der Waals surface area contributed by atoms with Gasteiger partial charge in [0.25, 0.3) is 0 Å². The third-order valence-electron chi connectivity index (χ3n) is 7.39. The van der Waals surface area contributed by atoms with E-state index in [4.69, 9.17) is 4.74 Å². The van der Waals surface area contributed by atoms with Crippen LogP contribution in [-0.4, -0.2) is 12.6 Å². The Kier molecular flexibility index (Phi) is 24.2. The fourth-order valence-corrected chi connectivity index (χ4v) is 4.83. The average Bonchev–Trinajstić information content (AvgIpc) is 2.82. The fraction of sp³-hybridized carbons (Fsp3) is 0.968. The lowest BCUT2D eigenvalue weighted by Gasteiger charge is -2.27. The molecule has 1 atom stereocenters. The molecule has 2 heteroatoms. The molecule has 1 unspecified atom stereocenters. The normalized spacial score (nSPS) is 13.2. The molecule has 198 valence electrons. The summed E-state index contributed by atoms with van der Waals surface area (Å²) in [5, 5.41) is 0. The summed E-state index contributed by atoms with van der Waals surface area (Å²) in [6.07, 6.45) is 30.9. The first-order chi connectivity index (χ1) is 16.1. The van der Waals surface area contributed by atoms with Gasteiger partial charge in [0.1, 0.15) is 0 Å². The molecule has 0 rings (SSSR count). The number of hydrogen-bond donors (Lipinski definition) is 0. The molecule has 33 heavy (non-hydrogen) atoms. The van der Waals surface area contributed by atoms with Crippen LogP contribution in [0.25, 0.3) is 0 Å². The molecule has 0 aromatic heterocycles. The summed E-state index contributed by atoms with van der Waals surface area (Å²) in [6, 6.07) is 0. The Morgan fingerprint density at radius 3 is 1.24 bits per heavy atom. The lowest BCUT2D eigenvalue weighted by molar-refractivity contribution is -0.156. The molecule has 0 aliphatic rings. The summed E-state index contributed by atoms with van der Waals surface area (Å²) in [7, 11) is 0. The Balaban J connectivity index is 3.89. The molecule has 0 aromatic carbocycles. The molecule has 0 saturated carbocycles. The molecule has 0 saturated heterocycles. The largest absolute Gasteiger partial charge is 0.465 e. The molecular weight excluding hydrogens is 404 g/mol. The third kappa shape index (κ3) is 20.5. The second-order valence-corrected chi connectivity index (χ2v) is 10.9. The number of carbonyl (C=O) groups is 1. The van der Waals surface area contributed by atoms with Gasteiger partial charge in [-0.15, -0.1) is 0 Å². The van der Waals surface area contributed by atoms with Crippen LogP contribution in [0.4, 0.5) is 0 Å². The summed E-state index contributed by atoms with van der Waals surface area (Å²) in [6.45, 7) is 9.56. The van der Waals surface area contributed by atoms with Gasteiger partial charge in [0.15, 0.2) is 0 Å². The van der Waals surface area contributed by atoms with Gasteiger partial charge in [0.2, 0.25) is 0 Å². The highest BCUT2D eigenvalue weighted by Gasteiger charge is 2.33. The number of ether oxygens (including phenoxy) is 1. The minimum Gasteiger partial charge on any atom is -0.465 e. The molecule has 0 amide bonds. The lowest BCUT2D eigenvalue weighted by atomic mass is 9.80. The van der Waals surface area contributed by atoms with Crippen LogP contribution in [0.1, 0.15) is 182 Å². The van der Waals surface area contributed by atoms with Gasteiger partial charge < -0.3 is 4.74 Å². The monoisotopic (exact) mass is 466 g/mol. The van der Waals surface area contributed by atoms with E-state index >= 15 is 0 Å². The zero-order valence-corrected chi connectivity index (χ0v) is 23.5. The minimum atomic E-state index is -0.269. The van der Waals surface area contributed by atoms with Crippen molar-refractivity contribution < 1.29 is 9.53 Å². The standard InChI is InChI=1S/C31H62O2/c1-5-8-11-13-15-17-19-21-23-25-28-31(4,27-10-7-3)30(32)33-29-26-24-22-20-18-16-14-12-9-6-2/h5-29H2,1-4H3. The molecule has 0 aromatic rings. The van der Waals surface area contributed by atoms with Crippen LogP contribution in [0.2, 0.25) is 0 Å². The van der Waals surface area contributed by atoms with E-state index in [9.17, 15) is 4.79 Å². The lowest BCUT2D eigenvalue weighted by Crippen LogP contribution is -2.30. The van der Waals surface area contributed by atoms with Gasteiger partial charge in [-0.3, -0.25) is 4.79 Å². The second kappa shape index (κ2) is 24.6. The van der Waals surface area contributed by atoms with Crippen LogP contribution in [0.3, 0.4) is 0 Å². The molecule has 0 spiro atoms. The summed E-state index contributed by atoms with van der Waals surface area (Å²) in [4.78, 5) is 12.9. The Bertz CT molecular complexity index is 406. The van der Waals surface area contributed by atoms with E-state index in [0.717, 1.165) is 32.1 Å². The van der Waals surface area contributed by atoms with E-state index in [0.29, 0.717) is 6.61 Å². The molecule has 0 N–H and O–H groups in total. The Hall–Kier alpha value is -0.530. The van der Waals surface area contributed by atoms with E-state index in [-0.39, 0.29) is 11.4 Å². The van der Waals surface area contributed by atoms with Gasteiger partial charge in [0, 0.05) is 0 Å². The van der Waals surface area contributed by atoms with Crippen molar-refractivity contribution in [2.75, 3.05) is 6.61 Å². The van der Waals surface area contributed by atoms with Crippen molar-refractivity contribution in [2.24, 2.45) is 5.41 Å². The van der Waals surface area contributed by atoms with E-state index in [1.54, 1.807) is 0 Å². The van der Waals surface area contributed by atoms with Crippen molar-refractivity contribution in [2.45, 2.75) is 182 Å². The van der Waals surface area contributed by atoms with Crippen molar-refractivity contribution in [1.29, 1.82) is 0 Å². The van der Waals surface area contributed by atoms with Crippen molar-refractivity contribution in [1.82, 2.24) is 0 Å². The predicted molar refractivity (Wildman–Crippen MR) is 147 cm³/mol. The van der Waals surface area contributed by atoms with Crippen LogP contribution in [0.5, 0.6) is 0 Å². The quantitative estimate of drug-likeness (QED) is 0.0935. The number of esters is 1. The fourth-order valence-electron chi connectivity index (χ4n) is 4.83. The van der Waals surface area contributed by atoms with Crippen molar-refractivity contribution in [3.8, 4) is 0 Å². The van der Waals surface area contributed by atoms with Crippen molar-refractivity contribution in [3.05, 3.63) is 0 Å².